The van der Waals surface area contributed by atoms with Crippen molar-refractivity contribution < 1.29 is 19.5 Å². The van der Waals surface area contributed by atoms with Gasteiger partial charge in [0.15, 0.2) is 0 Å². The third-order valence-corrected chi connectivity index (χ3v) is 1.12. The Morgan fingerprint density at radius 2 is 2.25 bits per heavy atom. The van der Waals surface area contributed by atoms with E-state index in [0.717, 1.165) is 0 Å². The second-order valence-corrected chi connectivity index (χ2v) is 2.17. The first-order chi connectivity index (χ1) is 5.57. The summed E-state index contributed by atoms with van der Waals surface area (Å²) in [6.07, 6.45) is 0. The van der Waals surface area contributed by atoms with Crippen molar-refractivity contribution in [2.24, 2.45) is 5.92 Å². The van der Waals surface area contributed by atoms with E-state index in [1.807, 2.05) is 0 Å². The van der Waals surface area contributed by atoms with E-state index in [1.165, 1.54) is 6.92 Å². The van der Waals surface area contributed by atoms with Crippen molar-refractivity contribution in [3.05, 3.63) is 10.1 Å². The summed E-state index contributed by atoms with van der Waals surface area (Å²) in [5, 5.41) is 8.78. The molecule has 70 valence electrons. The molecular formula is C6H11NO5. The van der Waals surface area contributed by atoms with E-state index < -0.39 is 17.0 Å². The van der Waals surface area contributed by atoms with Crippen molar-refractivity contribution in [2.45, 2.75) is 13.8 Å². The molecule has 12 heavy (non-hydrogen) atoms. The van der Waals surface area contributed by atoms with Crippen LogP contribution in [0.2, 0.25) is 0 Å². The van der Waals surface area contributed by atoms with Gasteiger partial charge < -0.3 is 9.57 Å². The molecule has 0 radical (unpaired) electrons. The van der Waals surface area contributed by atoms with E-state index in [9.17, 15) is 14.9 Å². The minimum atomic E-state index is -0.935. The Hall–Kier alpha value is -1.33. The molecule has 6 nitrogen and oxygen atoms in total. The van der Waals surface area contributed by atoms with Gasteiger partial charge in [0.25, 0.3) is 5.09 Å². The topological polar surface area (TPSA) is 78.7 Å². The molecule has 0 N–H and O–H groups in total. The van der Waals surface area contributed by atoms with Crippen molar-refractivity contribution in [2.75, 3.05) is 13.2 Å². The molecule has 0 heterocycles. The summed E-state index contributed by atoms with van der Waals surface area (Å²) in [7, 11) is 0. The van der Waals surface area contributed by atoms with Crippen LogP contribution >= 0.6 is 0 Å². The number of hydrogen-bond donors (Lipinski definition) is 0. The highest BCUT2D eigenvalue weighted by Crippen LogP contribution is 1.99. The summed E-state index contributed by atoms with van der Waals surface area (Å²) in [6, 6.07) is 0. The number of carbonyl (C=O) groups is 1. The molecule has 0 aromatic carbocycles. The molecule has 0 aromatic rings. The summed E-state index contributed by atoms with van der Waals surface area (Å²) in [5.41, 5.74) is 0. The summed E-state index contributed by atoms with van der Waals surface area (Å²) < 4.78 is 4.59. The summed E-state index contributed by atoms with van der Waals surface area (Å²) >= 11 is 0. The monoisotopic (exact) mass is 177 g/mol. The Kier molecular flexibility index (Phi) is 4.75. The van der Waals surface area contributed by atoms with Crippen molar-refractivity contribution in [3.8, 4) is 0 Å². The van der Waals surface area contributed by atoms with Crippen LogP contribution in [0, 0.1) is 16.0 Å². The molecule has 0 bridgehead atoms. The fourth-order valence-electron chi connectivity index (χ4n) is 0.525. The van der Waals surface area contributed by atoms with Gasteiger partial charge >= 0.3 is 5.97 Å². The zero-order chi connectivity index (χ0) is 9.56. The lowest BCUT2D eigenvalue weighted by Crippen LogP contribution is -2.21. The third-order valence-electron chi connectivity index (χ3n) is 1.12. The van der Waals surface area contributed by atoms with Crippen LogP contribution in [0.1, 0.15) is 13.8 Å². The van der Waals surface area contributed by atoms with Gasteiger partial charge in [0, 0.05) is 0 Å². The predicted octanol–water partition coefficient (Wildman–Crippen LogP) is 0.394. The van der Waals surface area contributed by atoms with Crippen LogP contribution in [-0.2, 0) is 14.4 Å². The van der Waals surface area contributed by atoms with E-state index in [2.05, 4.69) is 9.57 Å². The molecule has 0 saturated carbocycles. The second-order valence-electron chi connectivity index (χ2n) is 2.17. The SMILES string of the molecule is CCOC(=O)C(C)CO[N+](=O)[O-]. The number of ether oxygens (including phenoxy) is 1. The summed E-state index contributed by atoms with van der Waals surface area (Å²) in [5.74, 6) is -1.09. The van der Waals surface area contributed by atoms with E-state index in [-0.39, 0.29) is 13.2 Å². The Labute approximate surface area is 69.6 Å². The summed E-state index contributed by atoms with van der Waals surface area (Å²) in [4.78, 5) is 24.5. The lowest BCUT2D eigenvalue weighted by molar-refractivity contribution is -0.758. The molecular weight excluding hydrogens is 166 g/mol. The van der Waals surface area contributed by atoms with E-state index >= 15 is 0 Å². The molecule has 0 aliphatic rings. The van der Waals surface area contributed by atoms with Crippen LogP contribution in [0.25, 0.3) is 0 Å². The molecule has 1 unspecified atom stereocenters. The van der Waals surface area contributed by atoms with Gasteiger partial charge in [-0.2, -0.15) is 0 Å². The molecule has 6 heteroatoms. The maximum Gasteiger partial charge on any atom is 0.310 e. The van der Waals surface area contributed by atoms with Gasteiger partial charge in [-0.1, -0.05) is 6.92 Å². The average Bonchev–Trinajstić information content (AvgIpc) is 2.00. The lowest BCUT2D eigenvalue weighted by atomic mass is 10.2. The first-order valence-corrected chi connectivity index (χ1v) is 3.51. The second kappa shape index (κ2) is 5.34. The minimum absolute atomic E-state index is 0.258. The lowest BCUT2D eigenvalue weighted by Gasteiger charge is -2.07. The van der Waals surface area contributed by atoms with Crippen LogP contribution in [0.15, 0.2) is 0 Å². The highest BCUT2D eigenvalue weighted by Gasteiger charge is 2.15. The number of esters is 1. The van der Waals surface area contributed by atoms with Gasteiger partial charge in [-0.3, -0.25) is 4.79 Å². The molecule has 1 atom stereocenters. The first-order valence-electron chi connectivity index (χ1n) is 3.51. The summed E-state index contributed by atoms with van der Waals surface area (Å²) in [6.45, 7) is 3.17. The smallest absolute Gasteiger partial charge is 0.310 e. The van der Waals surface area contributed by atoms with Crippen LogP contribution in [0.3, 0.4) is 0 Å². The Bertz CT molecular complexity index is 169. The van der Waals surface area contributed by atoms with Gasteiger partial charge in [0.2, 0.25) is 0 Å². The van der Waals surface area contributed by atoms with Gasteiger partial charge in [-0.15, -0.1) is 10.1 Å². The fraction of sp³-hybridized carbons (Fsp3) is 0.833. The number of carbonyl (C=O) groups excluding carboxylic acids is 1. The largest absolute Gasteiger partial charge is 0.466 e. The van der Waals surface area contributed by atoms with E-state index in [0.29, 0.717) is 0 Å². The van der Waals surface area contributed by atoms with Crippen molar-refractivity contribution in [3.63, 3.8) is 0 Å². The Morgan fingerprint density at radius 1 is 1.67 bits per heavy atom. The zero-order valence-electron chi connectivity index (χ0n) is 6.98. The maximum absolute atomic E-state index is 10.8. The van der Waals surface area contributed by atoms with Crippen molar-refractivity contribution >= 4 is 5.97 Å². The Morgan fingerprint density at radius 3 is 2.67 bits per heavy atom. The van der Waals surface area contributed by atoms with E-state index in [4.69, 9.17) is 0 Å². The van der Waals surface area contributed by atoms with Gasteiger partial charge in [-0.25, -0.2) is 0 Å². The first kappa shape index (κ1) is 10.7. The molecule has 0 fully saturated rings. The van der Waals surface area contributed by atoms with Gasteiger partial charge in [0.05, 0.1) is 12.5 Å². The fourth-order valence-corrected chi connectivity index (χ4v) is 0.525. The molecule has 0 amide bonds. The zero-order valence-corrected chi connectivity index (χ0v) is 6.98. The van der Waals surface area contributed by atoms with Crippen LogP contribution in [0.4, 0.5) is 0 Å². The van der Waals surface area contributed by atoms with E-state index in [1.54, 1.807) is 6.92 Å². The number of nitrogens with zero attached hydrogens (tertiary/aromatic N) is 1. The Balaban J connectivity index is 3.63. The quantitative estimate of drug-likeness (QED) is 0.345. The molecule has 0 saturated heterocycles. The normalized spacial score (nSPS) is 11.8. The molecule has 0 spiro atoms. The maximum atomic E-state index is 10.8. The highest BCUT2D eigenvalue weighted by molar-refractivity contribution is 5.72. The number of rotatable bonds is 5. The average molecular weight is 177 g/mol. The van der Waals surface area contributed by atoms with Crippen LogP contribution in [0.5, 0.6) is 0 Å². The molecule has 0 aromatic heterocycles. The third kappa shape index (κ3) is 4.48. The van der Waals surface area contributed by atoms with Crippen molar-refractivity contribution in [1.29, 1.82) is 0 Å². The van der Waals surface area contributed by atoms with Gasteiger partial charge in [0.1, 0.15) is 6.61 Å². The van der Waals surface area contributed by atoms with Crippen molar-refractivity contribution in [1.82, 2.24) is 0 Å². The minimum Gasteiger partial charge on any atom is -0.466 e. The van der Waals surface area contributed by atoms with Crippen LogP contribution < -0.4 is 0 Å². The molecule has 0 aliphatic carbocycles. The number of hydrogen-bond acceptors (Lipinski definition) is 5. The standard InChI is InChI=1S/C6H11NO5/c1-3-11-6(8)5(2)4-12-7(9)10/h5H,3-4H2,1-2H3. The molecule has 0 rings (SSSR count). The predicted molar refractivity (Wildman–Crippen MR) is 38.7 cm³/mol. The van der Waals surface area contributed by atoms with Crippen LogP contribution in [-0.4, -0.2) is 24.3 Å². The van der Waals surface area contributed by atoms with Gasteiger partial charge in [-0.05, 0) is 6.92 Å². The highest BCUT2D eigenvalue weighted by atomic mass is 16.9. The molecule has 0 aliphatic heterocycles.